The standard InChI is InChI=1S/C25H38N4O3/c1-25(2,3)32-24(31)28-14-6-7-19(11-18-28)10-15-27-16-12-20(13-17-27)29-22-9-5-4-8-21(22)26-23(29)30/h4-5,8-9,19-20H,6-7,10-18H2,1-3H3,(H,26,30). The first-order chi connectivity index (χ1) is 15.3. The number of amides is 1. The molecule has 1 unspecified atom stereocenters. The van der Waals surface area contributed by atoms with Crippen molar-refractivity contribution >= 4 is 17.1 Å². The predicted octanol–water partition coefficient (Wildman–Crippen LogP) is 4.39. The van der Waals surface area contributed by atoms with Gasteiger partial charge in [-0.15, -0.1) is 0 Å². The van der Waals surface area contributed by atoms with Gasteiger partial charge in [-0.1, -0.05) is 12.1 Å². The van der Waals surface area contributed by atoms with Crippen LogP contribution in [0.15, 0.2) is 29.1 Å². The molecule has 2 aliphatic rings. The number of nitrogens with one attached hydrogen (secondary N) is 1. The summed E-state index contributed by atoms with van der Waals surface area (Å²) in [4.78, 5) is 32.3. The number of benzene rings is 1. The summed E-state index contributed by atoms with van der Waals surface area (Å²) >= 11 is 0. The summed E-state index contributed by atoms with van der Waals surface area (Å²) in [7, 11) is 0. The van der Waals surface area contributed by atoms with E-state index in [9.17, 15) is 9.59 Å². The highest BCUT2D eigenvalue weighted by Crippen LogP contribution is 2.27. The van der Waals surface area contributed by atoms with E-state index < -0.39 is 5.60 Å². The van der Waals surface area contributed by atoms with Gasteiger partial charge in [0.05, 0.1) is 11.0 Å². The zero-order chi connectivity index (χ0) is 22.7. The first-order valence-corrected chi connectivity index (χ1v) is 12.2. The lowest BCUT2D eigenvalue weighted by molar-refractivity contribution is 0.0255. The number of rotatable bonds is 4. The molecule has 3 heterocycles. The van der Waals surface area contributed by atoms with E-state index in [1.807, 2.05) is 54.5 Å². The number of likely N-dealkylation sites (tertiary alicyclic amines) is 2. The number of hydrogen-bond acceptors (Lipinski definition) is 4. The molecular weight excluding hydrogens is 404 g/mol. The molecule has 1 atom stereocenters. The number of aromatic amines is 1. The van der Waals surface area contributed by atoms with Gasteiger partial charge in [-0.25, -0.2) is 9.59 Å². The highest BCUT2D eigenvalue weighted by atomic mass is 16.6. The maximum absolute atomic E-state index is 12.5. The van der Waals surface area contributed by atoms with E-state index in [-0.39, 0.29) is 17.8 Å². The van der Waals surface area contributed by atoms with Crippen molar-refractivity contribution in [3.63, 3.8) is 0 Å². The van der Waals surface area contributed by atoms with Crippen LogP contribution in [0.25, 0.3) is 11.0 Å². The van der Waals surface area contributed by atoms with Crippen molar-refractivity contribution < 1.29 is 9.53 Å². The van der Waals surface area contributed by atoms with Gasteiger partial charge < -0.3 is 19.5 Å². The number of piperidine rings is 1. The molecule has 0 spiro atoms. The molecule has 1 aromatic heterocycles. The molecule has 0 saturated carbocycles. The predicted molar refractivity (Wildman–Crippen MR) is 127 cm³/mol. The van der Waals surface area contributed by atoms with E-state index in [1.165, 1.54) is 12.8 Å². The first-order valence-electron chi connectivity index (χ1n) is 12.2. The van der Waals surface area contributed by atoms with Crippen LogP contribution in [0.4, 0.5) is 4.79 Å². The van der Waals surface area contributed by atoms with E-state index >= 15 is 0 Å². The molecule has 2 saturated heterocycles. The Hall–Kier alpha value is -2.28. The Morgan fingerprint density at radius 2 is 1.81 bits per heavy atom. The molecule has 1 aromatic carbocycles. The van der Waals surface area contributed by atoms with Crippen LogP contribution in [0.2, 0.25) is 0 Å². The number of nitrogens with zero attached hydrogens (tertiary/aromatic N) is 3. The topological polar surface area (TPSA) is 70.6 Å². The Morgan fingerprint density at radius 1 is 1.06 bits per heavy atom. The van der Waals surface area contributed by atoms with Crippen LogP contribution in [0.1, 0.15) is 65.3 Å². The lowest BCUT2D eigenvalue weighted by Crippen LogP contribution is -2.38. The van der Waals surface area contributed by atoms with E-state index in [0.717, 1.165) is 69.4 Å². The van der Waals surface area contributed by atoms with Crippen molar-refractivity contribution in [1.82, 2.24) is 19.4 Å². The quantitative estimate of drug-likeness (QED) is 0.762. The van der Waals surface area contributed by atoms with Crippen molar-refractivity contribution in [3.05, 3.63) is 34.7 Å². The molecule has 0 aliphatic carbocycles. The number of ether oxygens (including phenoxy) is 1. The van der Waals surface area contributed by atoms with Crippen LogP contribution in [-0.2, 0) is 4.74 Å². The number of para-hydroxylation sites is 2. The van der Waals surface area contributed by atoms with Gasteiger partial charge in [-0.3, -0.25) is 4.57 Å². The fourth-order valence-electron chi connectivity index (χ4n) is 5.17. The zero-order valence-electron chi connectivity index (χ0n) is 19.8. The van der Waals surface area contributed by atoms with E-state index in [1.54, 1.807) is 0 Å². The molecule has 2 aliphatic heterocycles. The molecule has 32 heavy (non-hydrogen) atoms. The first kappa shape index (κ1) is 22.9. The highest BCUT2D eigenvalue weighted by Gasteiger charge is 2.27. The van der Waals surface area contributed by atoms with Gasteiger partial charge >= 0.3 is 11.8 Å². The molecule has 7 nitrogen and oxygen atoms in total. The zero-order valence-corrected chi connectivity index (χ0v) is 19.8. The average Bonchev–Trinajstić information content (AvgIpc) is 2.91. The van der Waals surface area contributed by atoms with Crippen molar-refractivity contribution in [2.24, 2.45) is 5.92 Å². The summed E-state index contributed by atoms with van der Waals surface area (Å²) in [5.74, 6) is 0.663. The summed E-state index contributed by atoms with van der Waals surface area (Å²) in [5.41, 5.74) is 1.52. The fourth-order valence-corrected chi connectivity index (χ4v) is 5.17. The smallest absolute Gasteiger partial charge is 0.410 e. The van der Waals surface area contributed by atoms with Crippen molar-refractivity contribution in [2.45, 2.75) is 70.9 Å². The van der Waals surface area contributed by atoms with Crippen LogP contribution >= 0.6 is 0 Å². The second-order valence-electron chi connectivity index (χ2n) is 10.4. The van der Waals surface area contributed by atoms with Crippen LogP contribution in [0.3, 0.4) is 0 Å². The number of carbonyl (C=O) groups is 1. The lowest BCUT2D eigenvalue weighted by atomic mass is 9.96. The van der Waals surface area contributed by atoms with Crippen LogP contribution in [-0.4, -0.2) is 63.8 Å². The Labute approximate surface area is 190 Å². The molecule has 4 rings (SSSR count). The fraction of sp³-hybridized carbons (Fsp3) is 0.680. The Bertz CT molecular complexity index is 965. The van der Waals surface area contributed by atoms with Gasteiger partial charge in [0.2, 0.25) is 0 Å². The van der Waals surface area contributed by atoms with Crippen LogP contribution < -0.4 is 5.69 Å². The molecule has 1 amide bonds. The maximum Gasteiger partial charge on any atom is 0.410 e. The number of imidazole rings is 1. The van der Waals surface area contributed by atoms with Crippen molar-refractivity contribution in [1.29, 1.82) is 0 Å². The molecule has 0 radical (unpaired) electrons. The van der Waals surface area contributed by atoms with Gasteiger partial charge in [-0.05, 0) is 83.9 Å². The number of H-pyrrole nitrogens is 1. The van der Waals surface area contributed by atoms with Crippen LogP contribution in [0.5, 0.6) is 0 Å². The largest absolute Gasteiger partial charge is 0.444 e. The summed E-state index contributed by atoms with van der Waals surface area (Å²) < 4.78 is 7.51. The van der Waals surface area contributed by atoms with E-state index in [2.05, 4.69) is 9.88 Å². The molecule has 7 heteroatoms. The maximum atomic E-state index is 12.5. The van der Waals surface area contributed by atoms with E-state index in [4.69, 9.17) is 4.74 Å². The van der Waals surface area contributed by atoms with Crippen molar-refractivity contribution in [3.8, 4) is 0 Å². The van der Waals surface area contributed by atoms with Gasteiger partial charge in [0.1, 0.15) is 5.60 Å². The highest BCUT2D eigenvalue weighted by molar-refractivity contribution is 5.75. The SMILES string of the molecule is CC(C)(C)OC(=O)N1CCCC(CCN2CCC(n3c(=O)[nH]c4ccccc43)CC2)CC1. The summed E-state index contributed by atoms with van der Waals surface area (Å²) in [6.45, 7) is 10.5. The van der Waals surface area contributed by atoms with Gasteiger partial charge in [0.15, 0.2) is 0 Å². The molecule has 176 valence electrons. The summed E-state index contributed by atoms with van der Waals surface area (Å²) in [6.07, 6.45) is 6.32. The summed E-state index contributed by atoms with van der Waals surface area (Å²) in [6, 6.07) is 8.24. The third-order valence-electron chi connectivity index (χ3n) is 6.90. The minimum absolute atomic E-state index is 0.0117. The number of fused-ring (bicyclic) bond motifs is 1. The molecule has 0 bridgehead atoms. The molecule has 2 aromatic rings. The monoisotopic (exact) mass is 442 g/mol. The number of aromatic nitrogens is 2. The van der Waals surface area contributed by atoms with Gasteiger partial charge in [0.25, 0.3) is 0 Å². The number of carbonyl (C=O) groups excluding carboxylic acids is 1. The normalized spacial score (nSPS) is 21.6. The second kappa shape index (κ2) is 9.69. The van der Waals surface area contributed by atoms with E-state index in [0.29, 0.717) is 5.92 Å². The van der Waals surface area contributed by atoms with Crippen LogP contribution in [0, 0.1) is 5.92 Å². The Balaban J connectivity index is 1.23. The molecule has 2 fully saturated rings. The minimum atomic E-state index is -0.438. The average molecular weight is 443 g/mol. The molecular formula is C25H38N4O3. The Kier molecular flexibility index (Phi) is 6.93. The number of hydrogen-bond donors (Lipinski definition) is 1. The second-order valence-corrected chi connectivity index (χ2v) is 10.4. The lowest BCUT2D eigenvalue weighted by Gasteiger charge is -2.33. The van der Waals surface area contributed by atoms with Gasteiger partial charge in [0, 0.05) is 32.2 Å². The summed E-state index contributed by atoms with van der Waals surface area (Å²) in [5, 5.41) is 0. The third-order valence-corrected chi connectivity index (χ3v) is 6.90. The van der Waals surface area contributed by atoms with Crippen molar-refractivity contribution in [2.75, 3.05) is 32.7 Å². The third kappa shape index (κ3) is 5.55. The van der Waals surface area contributed by atoms with Gasteiger partial charge in [-0.2, -0.15) is 0 Å². The minimum Gasteiger partial charge on any atom is -0.444 e. The Morgan fingerprint density at radius 3 is 2.56 bits per heavy atom. The molecule has 1 N–H and O–H groups in total.